The number of aryl methyl sites for hydroxylation is 1. The number of halogens is 1. The van der Waals surface area contributed by atoms with Crippen molar-refractivity contribution in [1.82, 2.24) is 15.5 Å². The summed E-state index contributed by atoms with van der Waals surface area (Å²) in [5, 5.41) is 7.04. The van der Waals surface area contributed by atoms with Gasteiger partial charge in [-0.2, -0.15) is 0 Å². The van der Waals surface area contributed by atoms with E-state index in [4.69, 9.17) is 9.73 Å². The molecule has 1 aromatic carbocycles. The zero-order chi connectivity index (χ0) is 18.4. The smallest absolute Gasteiger partial charge is 0.191 e. The Hall–Kier alpha value is -0.860. The first-order valence-electron chi connectivity index (χ1n) is 9.97. The Kier molecular flexibility index (Phi) is 8.82. The Balaban J connectivity index is 0.00000261. The second-order valence-electron chi connectivity index (χ2n) is 8.12. The van der Waals surface area contributed by atoms with Gasteiger partial charge in [-0.15, -0.1) is 24.0 Å². The molecule has 3 rings (SSSR count). The van der Waals surface area contributed by atoms with Gasteiger partial charge in [0, 0.05) is 37.6 Å². The third kappa shape index (κ3) is 6.61. The molecule has 0 aromatic heterocycles. The molecule has 0 radical (unpaired) electrons. The van der Waals surface area contributed by atoms with Crippen molar-refractivity contribution in [2.24, 2.45) is 10.4 Å². The summed E-state index contributed by atoms with van der Waals surface area (Å²) < 4.78 is 5.33. The van der Waals surface area contributed by atoms with Crippen molar-refractivity contribution >= 4 is 29.9 Å². The molecule has 0 saturated carbocycles. The molecule has 5 nitrogen and oxygen atoms in total. The van der Waals surface area contributed by atoms with Gasteiger partial charge in [0.25, 0.3) is 0 Å². The molecule has 0 bridgehead atoms. The number of likely N-dealkylation sites (tertiary alicyclic amines) is 1. The van der Waals surface area contributed by atoms with Crippen molar-refractivity contribution in [2.75, 3.05) is 39.4 Å². The molecule has 2 aliphatic heterocycles. The van der Waals surface area contributed by atoms with Crippen LogP contribution in [-0.2, 0) is 11.3 Å². The Morgan fingerprint density at radius 1 is 1.26 bits per heavy atom. The average Bonchev–Trinajstić information content (AvgIpc) is 2.62. The molecule has 6 heteroatoms. The fourth-order valence-electron chi connectivity index (χ4n) is 3.59. The van der Waals surface area contributed by atoms with E-state index in [1.807, 2.05) is 0 Å². The fourth-order valence-corrected chi connectivity index (χ4v) is 3.59. The Labute approximate surface area is 181 Å². The van der Waals surface area contributed by atoms with Crippen molar-refractivity contribution in [3.05, 3.63) is 35.4 Å². The lowest BCUT2D eigenvalue weighted by Crippen LogP contribution is -2.49. The predicted octanol–water partition coefficient (Wildman–Crippen LogP) is 3.17. The number of nitrogens with one attached hydrogen (secondary N) is 2. The summed E-state index contributed by atoms with van der Waals surface area (Å²) in [7, 11) is 0. The van der Waals surface area contributed by atoms with E-state index >= 15 is 0 Å². The van der Waals surface area contributed by atoms with Crippen LogP contribution in [-0.4, -0.2) is 56.3 Å². The van der Waals surface area contributed by atoms with Gasteiger partial charge in [0.15, 0.2) is 5.96 Å². The largest absolute Gasteiger partial charge is 0.380 e. The molecule has 2 saturated heterocycles. The first-order chi connectivity index (χ1) is 12.6. The van der Waals surface area contributed by atoms with Gasteiger partial charge >= 0.3 is 0 Å². The molecule has 2 aliphatic rings. The summed E-state index contributed by atoms with van der Waals surface area (Å²) >= 11 is 0. The summed E-state index contributed by atoms with van der Waals surface area (Å²) in [6, 6.07) is 9.22. The zero-order valence-electron chi connectivity index (χ0n) is 17.0. The first-order valence-corrected chi connectivity index (χ1v) is 9.97. The molecule has 0 spiro atoms. The number of hydrogen-bond acceptors (Lipinski definition) is 3. The molecular formula is C21H35IN4O. The van der Waals surface area contributed by atoms with E-state index in [1.165, 1.54) is 11.1 Å². The number of benzene rings is 1. The average molecular weight is 486 g/mol. The summed E-state index contributed by atoms with van der Waals surface area (Å²) in [6.07, 6.45) is 2.33. The fraction of sp³-hybridized carbons (Fsp3) is 0.667. The number of aliphatic imine (C=N–C) groups is 1. The predicted molar refractivity (Wildman–Crippen MR) is 123 cm³/mol. The number of guanidine groups is 1. The van der Waals surface area contributed by atoms with E-state index in [9.17, 15) is 0 Å². The Morgan fingerprint density at radius 3 is 2.56 bits per heavy atom. The number of piperidine rings is 1. The van der Waals surface area contributed by atoms with Crippen LogP contribution in [0.1, 0.15) is 37.8 Å². The highest BCUT2D eigenvalue weighted by Crippen LogP contribution is 2.26. The molecule has 0 amide bonds. The molecule has 152 valence electrons. The highest BCUT2D eigenvalue weighted by molar-refractivity contribution is 14.0. The molecule has 0 atom stereocenters. The number of rotatable bonds is 6. The monoisotopic (exact) mass is 486 g/mol. The molecule has 2 N–H and O–H groups in total. The molecule has 27 heavy (non-hydrogen) atoms. The van der Waals surface area contributed by atoms with Crippen molar-refractivity contribution in [1.29, 1.82) is 0 Å². The summed E-state index contributed by atoms with van der Waals surface area (Å²) in [5.41, 5.74) is 3.06. The van der Waals surface area contributed by atoms with E-state index in [2.05, 4.69) is 60.6 Å². The molecule has 1 aromatic rings. The minimum absolute atomic E-state index is 0. The van der Waals surface area contributed by atoms with Gasteiger partial charge in [-0.25, -0.2) is 0 Å². The number of ether oxygens (including phenoxy) is 1. The highest BCUT2D eigenvalue weighted by atomic mass is 127. The third-order valence-electron chi connectivity index (χ3n) is 5.45. The molecule has 2 fully saturated rings. The second kappa shape index (κ2) is 10.6. The van der Waals surface area contributed by atoms with Gasteiger partial charge in [-0.05, 0) is 37.8 Å². The highest BCUT2D eigenvalue weighted by Gasteiger charge is 2.33. The third-order valence-corrected chi connectivity index (χ3v) is 5.45. The lowest BCUT2D eigenvalue weighted by atomic mass is 9.89. The maximum Gasteiger partial charge on any atom is 0.191 e. The summed E-state index contributed by atoms with van der Waals surface area (Å²) in [6.45, 7) is 13.3. The minimum Gasteiger partial charge on any atom is -0.380 e. The van der Waals surface area contributed by atoms with E-state index < -0.39 is 0 Å². The first kappa shape index (κ1) is 22.4. The maximum atomic E-state index is 5.33. The zero-order valence-corrected chi connectivity index (χ0v) is 19.3. The van der Waals surface area contributed by atoms with Gasteiger partial charge in [0.05, 0.1) is 19.8 Å². The van der Waals surface area contributed by atoms with Crippen LogP contribution in [0.5, 0.6) is 0 Å². The van der Waals surface area contributed by atoms with Crippen molar-refractivity contribution in [3.8, 4) is 0 Å². The van der Waals surface area contributed by atoms with Gasteiger partial charge in [0.1, 0.15) is 0 Å². The van der Waals surface area contributed by atoms with Crippen LogP contribution in [0, 0.1) is 12.3 Å². The second-order valence-corrected chi connectivity index (χ2v) is 8.12. The minimum atomic E-state index is 0. The van der Waals surface area contributed by atoms with E-state index in [-0.39, 0.29) is 29.4 Å². The Morgan fingerprint density at radius 2 is 1.96 bits per heavy atom. The molecule has 0 aliphatic carbocycles. The van der Waals surface area contributed by atoms with Crippen LogP contribution >= 0.6 is 24.0 Å². The van der Waals surface area contributed by atoms with Crippen molar-refractivity contribution in [3.63, 3.8) is 0 Å². The van der Waals surface area contributed by atoms with Crippen LogP contribution in [0.2, 0.25) is 0 Å². The van der Waals surface area contributed by atoms with Crippen LogP contribution in [0.15, 0.2) is 29.3 Å². The topological polar surface area (TPSA) is 48.9 Å². The lowest BCUT2D eigenvalue weighted by molar-refractivity contribution is -0.0945. The normalized spacial score (nSPS) is 20.5. The summed E-state index contributed by atoms with van der Waals surface area (Å²) in [4.78, 5) is 7.37. The quantitative estimate of drug-likeness (QED) is 0.369. The molecule has 2 heterocycles. The maximum absolute atomic E-state index is 5.33. The molecule has 0 unspecified atom stereocenters. The van der Waals surface area contributed by atoms with E-state index in [0.717, 1.165) is 64.7 Å². The van der Waals surface area contributed by atoms with E-state index in [1.54, 1.807) is 0 Å². The summed E-state index contributed by atoms with van der Waals surface area (Å²) in [5.74, 6) is 0.956. The van der Waals surface area contributed by atoms with Gasteiger partial charge in [0.2, 0.25) is 0 Å². The van der Waals surface area contributed by atoms with Gasteiger partial charge < -0.3 is 15.4 Å². The van der Waals surface area contributed by atoms with Crippen molar-refractivity contribution < 1.29 is 4.74 Å². The Bertz CT molecular complexity index is 610. The number of hydrogen-bond donors (Lipinski definition) is 2. The van der Waals surface area contributed by atoms with Crippen molar-refractivity contribution in [2.45, 2.75) is 46.2 Å². The SMILES string of the molecule is CCNC(=NCC1(C)COC1)NC1CCN(Cc2ccccc2C)CC1.I. The van der Waals surface area contributed by atoms with Crippen LogP contribution < -0.4 is 10.6 Å². The molecular weight excluding hydrogens is 451 g/mol. The lowest BCUT2D eigenvalue weighted by Gasteiger charge is -2.37. The standard InChI is InChI=1S/C21H34N4O.HI/c1-4-22-20(23-14-21(3)15-26-16-21)24-19-9-11-25(12-10-19)13-18-8-6-5-7-17(18)2;/h5-8,19H,4,9-16H2,1-3H3,(H2,22,23,24);1H. The van der Waals surface area contributed by atoms with Crippen LogP contribution in [0.4, 0.5) is 0 Å². The van der Waals surface area contributed by atoms with Crippen LogP contribution in [0.25, 0.3) is 0 Å². The number of nitrogens with zero attached hydrogens (tertiary/aromatic N) is 2. The van der Waals surface area contributed by atoms with Gasteiger partial charge in [-0.1, -0.05) is 31.2 Å². The van der Waals surface area contributed by atoms with E-state index in [0.29, 0.717) is 6.04 Å². The van der Waals surface area contributed by atoms with Crippen LogP contribution in [0.3, 0.4) is 0 Å². The van der Waals surface area contributed by atoms with Gasteiger partial charge in [-0.3, -0.25) is 9.89 Å².